The Labute approximate surface area is 125 Å². The lowest BCUT2D eigenvalue weighted by Gasteiger charge is -2.34. The molecule has 0 aromatic heterocycles. The summed E-state index contributed by atoms with van der Waals surface area (Å²) in [6.07, 6.45) is -27.5. The molecule has 0 radical (unpaired) electrons. The van der Waals surface area contributed by atoms with Crippen molar-refractivity contribution in [2.75, 3.05) is 0 Å². The molecule has 0 aromatic rings. The molecular formula is C8HF15O2. The molecule has 0 heterocycles. The molecule has 0 aliphatic rings. The van der Waals surface area contributed by atoms with Crippen LogP contribution in [-0.4, -0.2) is 48.4 Å². The van der Waals surface area contributed by atoms with E-state index in [0.717, 1.165) is 0 Å². The topological polar surface area (TPSA) is 26.3 Å². The molecule has 0 aromatic carbocycles. The smallest absolute Gasteiger partial charge is 0.441 e. The molecule has 0 rings (SSSR count). The summed E-state index contributed by atoms with van der Waals surface area (Å²) in [7, 11) is 0. The summed E-state index contributed by atoms with van der Waals surface area (Å²) in [5, 5.41) is 0. The first-order chi connectivity index (χ1) is 10.5. The Hall–Kier alpha value is -1.58. The molecule has 150 valence electrons. The van der Waals surface area contributed by atoms with Gasteiger partial charge in [-0.3, -0.25) is 0 Å². The molecule has 0 amide bonds. The monoisotopic (exact) mass is 414 g/mol. The van der Waals surface area contributed by atoms with E-state index < -0.39 is 48.4 Å². The predicted octanol–water partition coefficient (Wildman–Crippen LogP) is 4.49. The van der Waals surface area contributed by atoms with E-state index in [1.165, 1.54) is 0 Å². The minimum absolute atomic E-state index is 1.99. The Balaban J connectivity index is 6.06. The van der Waals surface area contributed by atoms with E-state index in [1.54, 1.807) is 0 Å². The van der Waals surface area contributed by atoms with Gasteiger partial charge in [0, 0.05) is 0 Å². The van der Waals surface area contributed by atoms with E-state index in [1.807, 2.05) is 4.74 Å². The third kappa shape index (κ3) is 4.16. The zero-order valence-electron chi connectivity index (χ0n) is 10.6. The van der Waals surface area contributed by atoms with Gasteiger partial charge in [0.2, 0.25) is 0 Å². The molecule has 0 N–H and O–H groups in total. The van der Waals surface area contributed by atoms with Crippen molar-refractivity contribution in [3.05, 3.63) is 0 Å². The van der Waals surface area contributed by atoms with Crippen LogP contribution in [0.25, 0.3) is 0 Å². The van der Waals surface area contributed by atoms with Crippen molar-refractivity contribution < 1.29 is 75.4 Å². The summed E-state index contributed by atoms with van der Waals surface area (Å²) in [5.74, 6) is -26.4. The van der Waals surface area contributed by atoms with E-state index >= 15 is 0 Å². The van der Waals surface area contributed by atoms with Crippen molar-refractivity contribution in [2.24, 2.45) is 0 Å². The third-order valence-corrected chi connectivity index (χ3v) is 2.24. The number of ether oxygens (including phenoxy) is 1. The molecule has 17 heteroatoms. The molecule has 0 saturated heterocycles. The van der Waals surface area contributed by atoms with Crippen molar-refractivity contribution in [1.82, 2.24) is 0 Å². The Morgan fingerprint density at radius 1 is 0.640 bits per heavy atom. The maximum atomic E-state index is 12.9. The van der Waals surface area contributed by atoms with Crippen LogP contribution in [-0.2, 0) is 9.53 Å². The van der Waals surface area contributed by atoms with Gasteiger partial charge in [-0.15, -0.1) is 0 Å². The van der Waals surface area contributed by atoms with Crippen LogP contribution in [0.2, 0.25) is 0 Å². The van der Waals surface area contributed by atoms with Crippen LogP contribution < -0.4 is 0 Å². The predicted molar refractivity (Wildman–Crippen MR) is 42.9 cm³/mol. The highest BCUT2D eigenvalue weighted by atomic mass is 19.4. The van der Waals surface area contributed by atoms with E-state index in [-0.39, 0.29) is 0 Å². The molecule has 0 aliphatic heterocycles. The highest BCUT2D eigenvalue weighted by molar-refractivity contribution is 5.78. The summed E-state index contributed by atoms with van der Waals surface area (Å²) >= 11 is 0. The lowest BCUT2D eigenvalue weighted by atomic mass is 10.0. The van der Waals surface area contributed by atoms with Crippen LogP contribution in [0.4, 0.5) is 65.9 Å². The van der Waals surface area contributed by atoms with Crippen LogP contribution in [0.1, 0.15) is 0 Å². The molecule has 0 saturated carbocycles. The average molecular weight is 414 g/mol. The average Bonchev–Trinajstić information content (AvgIpc) is 2.30. The number of alkyl halides is 15. The van der Waals surface area contributed by atoms with Crippen LogP contribution >= 0.6 is 0 Å². The Kier molecular flexibility index (Phi) is 5.62. The van der Waals surface area contributed by atoms with E-state index in [2.05, 4.69) is 0 Å². The molecule has 25 heavy (non-hydrogen) atoms. The fourth-order valence-electron chi connectivity index (χ4n) is 0.997. The number of hydrogen-bond acceptors (Lipinski definition) is 2. The lowest BCUT2D eigenvalue weighted by Crippen LogP contribution is -2.63. The van der Waals surface area contributed by atoms with Gasteiger partial charge in [-0.25, -0.2) is 4.79 Å². The fourth-order valence-corrected chi connectivity index (χ4v) is 0.997. The van der Waals surface area contributed by atoms with Crippen LogP contribution in [0.15, 0.2) is 0 Å². The lowest BCUT2D eigenvalue weighted by molar-refractivity contribution is -0.397. The maximum absolute atomic E-state index is 12.9. The number of carbonyl (C=O) groups is 1. The van der Waals surface area contributed by atoms with Crippen LogP contribution in [0.3, 0.4) is 0 Å². The first-order valence-electron chi connectivity index (χ1n) is 5.06. The molecule has 1 atom stereocenters. The third-order valence-electron chi connectivity index (χ3n) is 2.24. The van der Waals surface area contributed by atoms with Crippen molar-refractivity contribution in [2.45, 2.75) is 42.4 Å². The van der Waals surface area contributed by atoms with E-state index in [4.69, 9.17) is 0 Å². The van der Waals surface area contributed by atoms with Gasteiger partial charge in [0.15, 0.2) is 0 Å². The van der Waals surface area contributed by atoms with Crippen molar-refractivity contribution in [1.29, 1.82) is 0 Å². The SMILES string of the molecule is O=C(OC(C(F)(F)F)C(F)(F)C(F)(F)C(F)(F)F)C(F)(F)C(F)(F)F. The second-order valence-electron chi connectivity index (χ2n) is 4.09. The van der Waals surface area contributed by atoms with Gasteiger partial charge in [-0.1, -0.05) is 0 Å². The zero-order valence-corrected chi connectivity index (χ0v) is 10.6. The molecule has 0 aliphatic carbocycles. The number of esters is 1. The van der Waals surface area contributed by atoms with Gasteiger partial charge in [0.05, 0.1) is 0 Å². The largest absolute Gasteiger partial charge is 0.465 e. The quantitative estimate of drug-likeness (QED) is 0.501. The zero-order chi connectivity index (χ0) is 20.9. The normalized spacial score (nSPS) is 16.6. The van der Waals surface area contributed by atoms with E-state index in [0.29, 0.717) is 0 Å². The molecule has 1 unspecified atom stereocenters. The fraction of sp³-hybridized carbons (Fsp3) is 0.875. The van der Waals surface area contributed by atoms with Crippen molar-refractivity contribution >= 4 is 5.97 Å². The number of rotatable bonds is 4. The Morgan fingerprint density at radius 3 is 1.24 bits per heavy atom. The van der Waals surface area contributed by atoms with Crippen LogP contribution in [0.5, 0.6) is 0 Å². The summed E-state index contributed by atoms with van der Waals surface area (Å²) in [6.45, 7) is 0. The van der Waals surface area contributed by atoms with Gasteiger partial charge in [-0.05, 0) is 0 Å². The number of hydrogen-bond donors (Lipinski definition) is 0. The van der Waals surface area contributed by atoms with Gasteiger partial charge >= 0.3 is 42.3 Å². The van der Waals surface area contributed by atoms with E-state index in [9.17, 15) is 70.7 Å². The molecule has 0 bridgehead atoms. The number of carbonyl (C=O) groups excluding carboxylic acids is 1. The first-order valence-corrected chi connectivity index (χ1v) is 5.06. The van der Waals surface area contributed by atoms with Gasteiger partial charge in [-0.2, -0.15) is 65.9 Å². The van der Waals surface area contributed by atoms with Gasteiger partial charge in [0.25, 0.3) is 6.10 Å². The standard InChI is InChI=1S/C8HF15O2/c9-3(10,6(16,17)8(21,22)23)1(5(13,14)15)25-2(24)4(11,12)7(18,19)20/h1H. The summed E-state index contributed by atoms with van der Waals surface area (Å²) in [4.78, 5) is 10.3. The minimum Gasteiger partial charge on any atom is -0.441 e. The summed E-state index contributed by atoms with van der Waals surface area (Å²) in [5.41, 5.74) is 0. The molecule has 0 fully saturated rings. The summed E-state index contributed by atoms with van der Waals surface area (Å²) in [6, 6.07) is 0. The Morgan fingerprint density at radius 2 is 1.00 bits per heavy atom. The minimum atomic E-state index is -7.60. The second-order valence-corrected chi connectivity index (χ2v) is 4.09. The molecular weight excluding hydrogens is 413 g/mol. The first kappa shape index (κ1) is 23.4. The van der Waals surface area contributed by atoms with Crippen molar-refractivity contribution in [3.63, 3.8) is 0 Å². The maximum Gasteiger partial charge on any atom is 0.465 e. The second kappa shape index (κ2) is 6.00. The molecule has 0 spiro atoms. The van der Waals surface area contributed by atoms with Crippen molar-refractivity contribution in [3.8, 4) is 0 Å². The highest BCUT2D eigenvalue weighted by Crippen LogP contribution is 2.52. The summed E-state index contributed by atoms with van der Waals surface area (Å²) < 4.78 is 185. The van der Waals surface area contributed by atoms with Gasteiger partial charge in [0.1, 0.15) is 0 Å². The molecule has 2 nitrogen and oxygen atoms in total. The number of halogens is 15. The highest BCUT2D eigenvalue weighted by Gasteiger charge is 2.81. The Bertz CT molecular complexity index is 495. The van der Waals surface area contributed by atoms with Crippen LogP contribution in [0, 0.1) is 0 Å². The van der Waals surface area contributed by atoms with Gasteiger partial charge < -0.3 is 4.74 Å².